The highest BCUT2D eigenvalue weighted by Gasteiger charge is 2.16. The summed E-state index contributed by atoms with van der Waals surface area (Å²) >= 11 is 0. The lowest BCUT2D eigenvalue weighted by Gasteiger charge is -2.08. The Labute approximate surface area is 119 Å². The van der Waals surface area contributed by atoms with E-state index in [1.54, 1.807) is 18.2 Å². The van der Waals surface area contributed by atoms with Crippen molar-refractivity contribution in [2.24, 2.45) is 0 Å². The number of nitro benzene ring substituents is 1. The SMILES string of the molecule is Cc1ccc(N)c(C(=O)Nc2ccc([N+](=O)[O-])c(F)c2)c1. The minimum absolute atomic E-state index is 0.115. The summed E-state index contributed by atoms with van der Waals surface area (Å²) in [5.74, 6) is -1.53. The maximum absolute atomic E-state index is 13.5. The molecule has 6 nitrogen and oxygen atoms in total. The summed E-state index contributed by atoms with van der Waals surface area (Å²) in [6, 6.07) is 8.10. The van der Waals surface area contributed by atoms with Gasteiger partial charge in [-0.1, -0.05) is 11.6 Å². The molecular formula is C14H12FN3O3. The monoisotopic (exact) mass is 289 g/mol. The topological polar surface area (TPSA) is 98.3 Å². The summed E-state index contributed by atoms with van der Waals surface area (Å²) in [7, 11) is 0. The molecule has 0 fully saturated rings. The predicted octanol–water partition coefficient (Wildman–Crippen LogP) is 2.88. The van der Waals surface area contributed by atoms with Crippen molar-refractivity contribution in [3.8, 4) is 0 Å². The Hall–Kier alpha value is -2.96. The number of nitro groups is 1. The van der Waals surface area contributed by atoms with E-state index in [0.717, 1.165) is 17.7 Å². The number of benzene rings is 2. The van der Waals surface area contributed by atoms with Gasteiger partial charge in [-0.2, -0.15) is 4.39 Å². The van der Waals surface area contributed by atoms with E-state index in [9.17, 15) is 19.3 Å². The van der Waals surface area contributed by atoms with E-state index in [1.165, 1.54) is 6.07 Å². The van der Waals surface area contributed by atoms with Crippen molar-refractivity contribution in [2.75, 3.05) is 11.1 Å². The molecule has 0 aromatic heterocycles. The van der Waals surface area contributed by atoms with Crippen molar-refractivity contribution in [1.29, 1.82) is 0 Å². The van der Waals surface area contributed by atoms with E-state index in [0.29, 0.717) is 5.69 Å². The molecule has 0 saturated heterocycles. The molecule has 0 unspecified atom stereocenters. The van der Waals surface area contributed by atoms with Crippen molar-refractivity contribution in [3.63, 3.8) is 0 Å². The average Bonchev–Trinajstić information content (AvgIpc) is 2.41. The number of anilines is 2. The van der Waals surface area contributed by atoms with Gasteiger partial charge in [-0.25, -0.2) is 0 Å². The number of nitrogen functional groups attached to an aromatic ring is 1. The maximum atomic E-state index is 13.5. The van der Waals surface area contributed by atoms with Gasteiger partial charge in [0.2, 0.25) is 5.82 Å². The zero-order valence-corrected chi connectivity index (χ0v) is 11.1. The normalized spacial score (nSPS) is 10.2. The van der Waals surface area contributed by atoms with Crippen LogP contribution in [0.5, 0.6) is 0 Å². The third-order valence-corrected chi connectivity index (χ3v) is 2.86. The molecule has 0 radical (unpaired) electrons. The predicted molar refractivity (Wildman–Crippen MR) is 76.6 cm³/mol. The van der Waals surface area contributed by atoms with Gasteiger partial charge in [0.25, 0.3) is 5.91 Å². The highest BCUT2D eigenvalue weighted by atomic mass is 19.1. The Morgan fingerprint density at radius 1 is 1.29 bits per heavy atom. The summed E-state index contributed by atoms with van der Waals surface area (Å²) in [5, 5.41) is 13.0. The maximum Gasteiger partial charge on any atom is 0.304 e. The fourth-order valence-corrected chi connectivity index (χ4v) is 1.80. The van der Waals surface area contributed by atoms with Crippen LogP contribution in [0.3, 0.4) is 0 Å². The van der Waals surface area contributed by atoms with Crippen LogP contribution in [0.25, 0.3) is 0 Å². The van der Waals surface area contributed by atoms with Crippen LogP contribution in [0.4, 0.5) is 21.5 Å². The highest BCUT2D eigenvalue weighted by molar-refractivity contribution is 6.07. The molecule has 0 heterocycles. The number of carbonyl (C=O) groups excluding carboxylic acids is 1. The molecule has 108 valence electrons. The second-order valence-electron chi connectivity index (χ2n) is 4.47. The number of hydrogen-bond acceptors (Lipinski definition) is 4. The largest absolute Gasteiger partial charge is 0.398 e. The van der Waals surface area contributed by atoms with Crippen LogP contribution in [0.15, 0.2) is 36.4 Å². The first kappa shape index (κ1) is 14.4. The lowest BCUT2D eigenvalue weighted by molar-refractivity contribution is -0.387. The molecule has 2 rings (SSSR count). The van der Waals surface area contributed by atoms with Crippen LogP contribution in [0, 0.1) is 22.9 Å². The van der Waals surface area contributed by atoms with E-state index in [1.807, 2.05) is 6.92 Å². The van der Waals surface area contributed by atoms with Crippen molar-refractivity contribution in [2.45, 2.75) is 6.92 Å². The summed E-state index contributed by atoms with van der Waals surface area (Å²) in [5.41, 5.74) is 6.58. The highest BCUT2D eigenvalue weighted by Crippen LogP contribution is 2.22. The first-order chi connectivity index (χ1) is 9.88. The number of halogens is 1. The molecule has 2 aromatic carbocycles. The third-order valence-electron chi connectivity index (χ3n) is 2.86. The second kappa shape index (κ2) is 5.58. The Morgan fingerprint density at radius 2 is 2.00 bits per heavy atom. The minimum atomic E-state index is -1.02. The summed E-state index contributed by atoms with van der Waals surface area (Å²) in [4.78, 5) is 21.8. The van der Waals surface area contributed by atoms with E-state index in [4.69, 9.17) is 5.73 Å². The molecule has 0 saturated carbocycles. The number of hydrogen-bond donors (Lipinski definition) is 2. The minimum Gasteiger partial charge on any atom is -0.398 e. The van der Waals surface area contributed by atoms with E-state index < -0.39 is 22.3 Å². The zero-order chi connectivity index (χ0) is 15.6. The molecule has 3 N–H and O–H groups in total. The smallest absolute Gasteiger partial charge is 0.304 e. The quantitative estimate of drug-likeness (QED) is 0.515. The zero-order valence-electron chi connectivity index (χ0n) is 11.1. The van der Waals surface area contributed by atoms with Crippen LogP contribution in [-0.2, 0) is 0 Å². The van der Waals surface area contributed by atoms with Gasteiger partial charge in [-0.15, -0.1) is 0 Å². The molecule has 2 aromatic rings. The van der Waals surface area contributed by atoms with Crippen LogP contribution in [0.1, 0.15) is 15.9 Å². The number of carbonyl (C=O) groups is 1. The van der Waals surface area contributed by atoms with Crippen LogP contribution >= 0.6 is 0 Å². The average molecular weight is 289 g/mol. The molecule has 7 heteroatoms. The molecule has 21 heavy (non-hydrogen) atoms. The Kier molecular flexibility index (Phi) is 3.84. The number of amides is 1. The number of aryl methyl sites for hydroxylation is 1. The number of nitrogens with one attached hydrogen (secondary N) is 1. The molecule has 0 aliphatic heterocycles. The number of nitrogens with zero attached hydrogens (tertiary/aromatic N) is 1. The van der Waals surface area contributed by atoms with Gasteiger partial charge in [0.15, 0.2) is 0 Å². The molecule has 0 spiro atoms. The standard InChI is InChI=1S/C14H12FN3O3/c1-8-2-4-12(16)10(6-8)14(19)17-9-3-5-13(18(20)21)11(15)7-9/h2-7H,16H2,1H3,(H,17,19). The summed E-state index contributed by atoms with van der Waals surface area (Å²) < 4.78 is 13.5. The second-order valence-corrected chi connectivity index (χ2v) is 4.47. The Balaban J connectivity index is 2.26. The molecule has 0 aliphatic rings. The third kappa shape index (κ3) is 3.14. The number of rotatable bonds is 3. The summed E-state index contributed by atoms with van der Waals surface area (Å²) in [6.45, 7) is 1.81. The Bertz CT molecular complexity index is 731. The van der Waals surface area contributed by atoms with Crippen molar-refractivity contribution in [1.82, 2.24) is 0 Å². The van der Waals surface area contributed by atoms with Crippen molar-refractivity contribution in [3.05, 3.63) is 63.5 Å². The molecule has 0 aliphatic carbocycles. The van der Waals surface area contributed by atoms with Gasteiger partial charge in [-0.05, 0) is 25.1 Å². The molecular weight excluding hydrogens is 277 g/mol. The van der Waals surface area contributed by atoms with E-state index in [2.05, 4.69) is 5.32 Å². The lowest BCUT2D eigenvalue weighted by atomic mass is 10.1. The summed E-state index contributed by atoms with van der Waals surface area (Å²) in [6.07, 6.45) is 0. The molecule has 0 bridgehead atoms. The fraction of sp³-hybridized carbons (Fsp3) is 0.0714. The van der Waals surface area contributed by atoms with E-state index in [-0.39, 0.29) is 11.3 Å². The van der Waals surface area contributed by atoms with Gasteiger partial charge in [0.05, 0.1) is 10.5 Å². The van der Waals surface area contributed by atoms with Crippen molar-refractivity contribution >= 4 is 23.0 Å². The van der Waals surface area contributed by atoms with Crippen LogP contribution in [0.2, 0.25) is 0 Å². The first-order valence-corrected chi connectivity index (χ1v) is 6.00. The lowest BCUT2D eigenvalue weighted by Crippen LogP contribution is -2.14. The Morgan fingerprint density at radius 3 is 2.62 bits per heavy atom. The van der Waals surface area contributed by atoms with Gasteiger partial charge in [0, 0.05) is 23.5 Å². The fourth-order valence-electron chi connectivity index (χ4n) is 1.80. The van der Waals surface area contributed by atoms with Gasteiger partial charge in [-0.3, -0.25) is 14.9 Å². The van der Waals surface area contributed by atoms with E-state index >= 15 is 0 Å². The first-order valence-electron chi connectivity index (χ1n) is 6.00. The molecule has 1 amide bonds. The van der Waals surface area contributed by atoms with Gasteiger partial charge < -0.3 is 11.1 Å². The molecule has 0 atom stereocenters. The number of nitrogens with two attached hydrogens (primary N) is 1. The van der Waals surface area contributed by atoms with Gasteiger partial charge in [0.1, 0.15) is 0 Å². The van der Waals surface area contributed by atoms with Crippen LogP contribution < -0.4 is 11.1 Å². The van der Waals surface area contributed by atoms with Crippen molar-refractivity contribution < 1.29 is 14.1 Å². The van der Waals surface area contributed by atoms with Crippen LogP contribution in [-0.4, -0.2) is 10.8 Å². The van der Waals surface area contributed by atoms with Gasteiger partial charge >= 0.3 is 5.69 Å².